The Morgan fingerprint density at radius 3 is 2.92 bits per heavy atom. The summed E-state index contributed by atoms with van der Waals surface area (Å²) >= 11 is 0. The summed E-state index contributed by atoms with van der Waals surface area (Å²) in [6, 6.07) is 5.72. The van der Waals surface area contributed by atoms with Crippen molar-refractivity contribution < 1.29 is 0 Å². The highest BCUT2D eigenvalue weighted by Crippen LogP contribution is 2.05. The van der Waals surface area contributed by atoms with Gasteiger partial charge in [-0.25, -0.2) is 4.98 Å². The fourth-order valence-corrected chi connectivity index (χ4v) is 0.875. The van der Waals surface area contributed by atoms with E-state index in [4.69, 9.17) is 5.26 Å². The van der Waals surface area contributed by atoms with E-state index in [0.717, 1.165) is 5.56 Å². The van der Waals surface area contributed by atoms with E-state index in [1.807, 2.05) is 49.5 Å². The molecule has 0 aliphatic rings. The van der Waals surface area contributed by atoms with E-state index in [2.05, 4.69) is 4.98 Å². The third-order valence-corrected chi connectivity index (χ3v) is 1.50. The Hall–Kier alpha value is -1.82. The highest BCUT2D eigenvalue weighted by atomic mass is 15.0. The maximum atomic E-state index is 8.72. The Labute approximate surface area is 77.9 Å². The minimum atomic E-state index is 0.459. The molecular formula is C10H11N3. The van der Waals surface area contributed by atoms with Crippen LogP contribution in [0.3, 0.4) is 0 Å². The number of pyridine rings is 1. The van der Waals surface area contributed by atoms with Crippen LogP contribution in [0.2, 0.25) is 0 Å². The Balaban J connectivity index is 2.95. The average Bonchev–Trinajstić information content (AvgIpc) is 2.15. The number of nitrogens with zero attached hydrogens (tertiary/aromatic N) is 3. The largest absolute Gasteiger partial charge is 0.383 e. The Kier molecular flexibility index (Phi) is 3.04. The summed E-state index contributed by atoms with van der Waals surface area (Å²) in [7, 11) is 3.86. The van der Waals surface area contributed by atoms with Crippen molar-refractivity contribution in [2.75, 3.05) is 14.1 Å². The van der Waals surface area contributed by atoms with E-state index >= 15 is 0 Å². The van der Waals surface area contributed by atoms with Crippen molar-refractivity contribution in [3.05, 3.63) is 35.8 Å². The molecule has 0 N–H and O–H groups in total. The van der Waals surface area contributed by atoms with Crippen molar-refractivity contribution in [2.24, 2.45) is 0 Å². The second-order valence-electron chi connectivity index (χ2n) is 2.83. The van der Waals surface area contributed by atoms with Crippen LogP contribution < -0.4 is 0 Å². The molecule has 1 aromatic heterocycles. The fourth-order valence-electron chi connectivity index (χ4n) is 0.875. The molecule has 0 aliphatic heterocycles. The molecule has 1 heterocycles. The molecule has 0 atom stereocenters. The van der Waals surface area contributed by atoms with Crippen molar-refractivity contribution >= 4 is 6.08 Å². The second-order valence-corrected chi connectivity index (χ2v) is 2.83. The molecule has 0 spiro atoms. The highest BCUT2D eigenvalue weighted by Gasteiger charge is 1.96. The molecule has 0 aliphatic carbocycles. The van der Waals surface area contributed by atoms with Gasteiger partial charge in [-0.15, -0.1) is 0 Å². The lowest BCUT2D eigenvalue weighted by Crippen LogP contribution is -2.00. The third-order valence-electron chi connectivity index (χ3n) is 1.50. The van der Waals surface area contributed by atoms with Crippen LogP contribution in [0.15, 0.2) is 24.5 Å². The first-order valence-electron chi connectivity index (χ1n) is 3.94. The molecule has 0 saturated heterocycles. The molecule has 3 heteroatoms. The molecule has 13 heavy (non-hydrogen) atoms. The molecule has 0 aromatic carbocycles. The molecular weight excluding hydrogens is 162 g/mol. The minimum absolute atomic E-state index is 0.459. The smallest absolute Gasteiger partial charge is 0.147 e. The number of hydrogen-bond acceptors (Lipinski definition) is 3. The van der Waals surface area contributed by atoms with E-state index in [1.54, 1.807) is 6.20 Å². The van der Waals surface area contributed by atoms with Crippen LogP contribution >= 0.6 is 0 Å². The molecule has 0 amide bonds. The minimum Gasteiger partial charge on any atom is -0.383 e. The Morgan fingerprint density at radius 1 is 1.54 bits per heavy atom. The van der Waals surface area contributed by atoms with Gasteiger partial charge in [0.05, 0.1) is 0 Å². The average molecular weight is 173 g/mol. The Morgan fingerprint density at radius 2 is 2.31 bits per heavy atom. The monoisotopic (exact) mass is 173 g/mol. The van der Waals surface area contributed by atoms with Crippen molar-refractivity contribution in [3.63, 3.8) is 0 Å². The normalized spacial score (nSPS) is 9.92. The molecule has 66 valence electrons. The number of hydrogen-bond donors (Lipinski definition) is 0. The van der Waals surface area contributed by atoms with Gasteiger partial charge in [-0.05, 0) is 18.3 Å². The maximum Gasteiger partial charge on any atom is 0.147 e. The number of aromatic nitrogens is 1. The van der Waals surface area contributed by atoms with Crippen LogP contribution in [0.5, 0.6) is 0 Å². The summed E-state index contributed by atoms with van der Waals surface area (Å²) in [4.78, 5) is 5.86. The summed E-state index contributed by atoms with van der Waals surface area (Å²) in [6.07, 6.45) is 5.37. The van der Waals surface area contributed by atoms with E-state index in [0.29, 0.717) is 5.69 Å². The van der Waals surface area contributed by atoms with Crippen LogP contribution in [0.1, 0.15) is 11.3 Å². The predicted molar refractivity (Wildman–Crippen MR) is 51.7 cm³/mol. The van der Waals surface area contributed by atoms with Gasteiger partial charge in [0.15, 0.2) is 0 Å². The third kappa shape index (κ3) is 2.60. The van der Waals surface area contributed by atoms with Gasteiger partial charge >= 0.3 is 0 Å². The van der Waals surface area contributed by atoms with Gasteiger partial charge in [0.2, 0.25) is 0 Å². The fraction of sp³-hybridized carbons (Fsp3) is 0.200. The van der Waals surface area contributed by atoms with Crippen LogP contribution in [-0.4, -0.2) is 24.0 Å². The van der Waals surface area contributed by atoms with Crippen LogP contribution in [0.4, 0.5) is 0 Å². The molecule has 0 bridgehead atoms. The van der Waals surface area contributed by atoms with Crippen LogP contribution in [0.25, 0.3) is 6.08 Å². The Bertz CT molecular complexity index is 347. The van der Waals surface area contributed by atoms with E-state index in [-0.39, 0.29) is 0 Å². The van der Waals surface area contributed by atoms with Gasteiger partial charge < -0.3 is 4.90 Å². The summed E-state index contributed by atoms with van der Waals surface area (Å²) in [5, 5.41) is 8.72. The zero-order chi connectivity index (χ0) is 9.68. The molecule has 1 aromatic rings. The lowest BCUT2D eigenvalue weighted by Gasteiger charge is -2.03. The topological polar surface area (TPSA) is 39.9 Å². The van der Waals surface area contributed by atoms with Gasteiger partial charge in [0.25, 0.3) is 0 Å². The SMILES string of the molecule is CN(C)C=Cc1cccnc1C#N. The quantitative estimate of drug-likeness (QED) is 0.680. The van der Waals surface area contributed by atoms with Crippen molar-refractivity contribution in [1.29, 1.82) is 5.26 Å². The summed E-state index contributed by atoms with van der Waals surface area (Å²) in [5.41, 5.74) is 1.30. The van der Waals surface area contributed by atoms with E-state index in [1.165, 1.54) is 0 Å². The second kappa shape index (κ2) is 4.27. The number of rotatable bonds is 2. The summed E-state index contributed by atoms with van der Waals surface area (Å²) in [6.45, 7) is 0. The number of nitriles is 1. The summed E-state index contributed by atoms with van der Waals surface area (Å²) in [5.74, 6) is 0. The first kappa shape index (κ1) is 9.27. The zero-order valence-electron chi connectivity index (χ0n) is 7.73. The zero-order valence-corrected chi connectivity index (χ0v) is 7.73. The van der Waals surface area contributed by atoms with Crippen molar-refractivity contribution in [1.82, 2.24) is 9.88 Å². The first-order valence-corrected chi connectivity index (χ1v) is 3.94. The van der Waals surface area contributed by atoms with Crippen LogP contribution in [-0.2, 0) is 0 Å². The first-order chi connectivity index (χ1) is 6.24. The molecule has 0 unspecified atom stereocenters. The van der Waals surface area contributed by atoms with E-state index in [9.17, 15) is 0 Å². The lowest BCUT2D eigenvalue weighted by molar-refractivity contribution is 0.567. The van der Waals surface area contributed by atoms with Crippen molar-refractivity contribution in [2.45, 2.75) is 0 Å². The van der Waals surface area contributed by atoms with E-state index < -0.39 is 0 Å². The highest BCUT2D eigenvalue weighted by molar-refractivity contribution is 5.54. The van der Waals surface area contributed by atoms with Gasteiger partial charge in [-0.2, -0.15) is 5.26 Å². The van der Waals surface area contributed by atoms with Crippen molar-refractivity contribution in [3.8, 4) is 6.07 Å². The summed E-state index contributed by atoms with van der Waals surface area (Å²) < 4.78 is 0. The van der Waals surface area contributed by atoms with Gasteiger partial charge in [-0.1, -0.05) is 6.07 Å². The molecule has 0 fully saturated rings. The van der Waals surface area contributed by atoms with Gasteiger partial charge in [0.1, 0.15) is 11.8 Å². The molecule has 0 radical (unpaired) electrons. The van der Waals surface area contributed by atoms with Gasteiger partial charge in [-0.3, -0.25) is 0 Å². The van der Waals surface area contributed by atoms with Gasteiger partial charge in [0, 0.05) is 25.9 Å². The molecule has 1 rings (SSSR count). The molecule has 0 saturated carbocycles. The predicted octanol–water partition coefficient (Wildman–Crippen LogP) is 1.49. The maximum absolute atomic E-state index is 8.72. The standard InChI is InChI=1S/C10H11N3/c1-13(2)7-5-9-4-3-6-12-10(9)8-11/h3-7H,1-2H3. The molecule has 3 nitrogen and oxygen atoms in total. The lowest BCUT2D eigenvalue weighted by atomic mass is 10.2. The van der Waals surface area contributed by atoms with Crippen LogP contribution in [0, 0.1) is 11.3 Å².